The molecule has 20 heavy (non-hydrogen) atoms. The summed E-state index contributed by atoms with van der Waals surface area (Å²) in [6, 6.07) is 3.68. The number of pyridine rings is 1. The molecule has 5 heteroatoms. The van der Waals surface area contributed by atoms with E-state index in [4.69, 9.17) is 4.74 Å². The van der Waals surface area contributed by atoms with Gasteiger partial charge >= 0.3 is 0 Å². The molecule has 1 saturated heterocycles. The Labute approximate surface area is 120 Å². The first-order valence-corrected chi connectivity index (χ1v) is 7.19. The number of amides is 1. The highest BCUT2D eigenvalue weighted by atomic mass is 16.5. The van der Waals surface area contributed by atoms with Gasteiger partial charge in [0, 0.05) is 26.7 Å². The summed E-state index contributed by atoms with van der Waals surface area (Å²) in [5, 5.41) is 3.18. The molecule has 0 aromatic carbocycles. The molecule has 1 aliphatic rings. The van der Waals surface area contributed by atoms with Gasteiger partial charge in [0.05, 0.1) is 18.5 Å². The van der Waals surface area contributed by atoms with Crippen LogP contribution in [0.4, 0.5) is 5.69 Å². The van der Waals surface area contributed by atoms with Crippen molar-refractivity contribution < 1.29 is 9.53 Å². The summed E-state index contributed by atoms with van der Waals surface area (Å²) in [6.07, 6.45) is 3.88. The van der Waals surface area contributed by atoms with Crippen LogP contribution >= 0.6 is 0 Å². The Hall–Kier alpha value is -1.62. The first-order chi connectivity index (χ1) is 9.70. The number of methoxy groups -OCH3 is 1. The maximum atomic E-state index is 12.3. The molecule has 110 valence electrons. The molecular weight excluding hydrogens is 254 g/mol. The number of ether oxygens (including phenoxy) is 1. The zero-order chi connectivity index (χ0) is 14.4. The van der Waals surface area contributed by atoms with E-state index in [-0.39, 0.29) is 5.91 Å². The highest BCUT2D eigenvalue weighted by Crippen LogP contribution is 2.18. The zero-order valence-electron chi connectivity index (χ0n) is 12.3. The first-order valence-electron chi connectivity index (χ1n) is 7.19. The summed E-state index contributed by atoms with van der Waals surface area (Å²) in [4.78, 5) is 18.5. The number of carbonyl (C=O) groups is 1. The summed E-state index contributed by atoms with van der Waals surface area (Å²) in [5.74, 6) is 0.764. The number of anilines is 1. The van der Waals surface area contributed by atoms with Crippen molar-refractivity contribution in [2.75, 3.05) is 38.7 Å². The van der Waals surface area contributed by atoms with Gasteiger partial charge in [-0.3, -0.25) is 4.79 Å². The Balaban J connectivity index is 1.90. The lowest BCUT2D eigenvalue weighted by atomic mass is 9.99. The highest BCUT2D eigenvalue weighted by Gasteiger charge is 2.21. The molecule has 1 aliphatic heterocycles. The first kappa shape index (κ1) is 14.8. The van der Waals surface area contributed by atoms with Crippen molar-refractivity contribution in [3.05, 3.63) is 24.0 Å². The van der Waals surface area contributed by atoms with Gasteiger partial charge in [-0.15, -0.1) is 0 Å². The van der Waals surface area contributed by atoms with Gasteiger partial charge in [-0.1, -0.05) is 6.92 Å². The number of nitrogens with zero attached hydrogens (tertiary/aromatic N) is 2. The van der Waals surface area contributed by atoms with E-state index >= 15 is 0 Å². The lowest BCUT2D eigenvalue weighted by molar-refractivity contribution is 0.0691. The molecule has 0 saturated carbocycles. The third-order valence-corrected chi connectivity index (χ3v) is 3.69. The molecule has 1 aromatic rings. The van der Waals surface area contributed by atoms with Gasteiger partial charge in [0.25, 0.3) is 5.91 Å². The van der Waals surface area contributed by atoms with E-state index in [0.29, 0.717) is 12.3 Å². The van der Waals surface area contributed by atoms with Crippen molar-refractivity contribution in [1.29, 1.82) is 0 Å². The van der Waals surface area contributed by atoms with Crippen LogP contribution in [-0.4, -0.2) is 49.1 Å². The minimum absolute atomic E-state index is 0.0420. The number of piperidine rings is 1. The molecular formula is C15H23N3O2. The number of carbonyl (C=O) groups excluding carboxylic acids is 1. The Kier molecular flexibility index (Phi) is 5.35. The molecule has 0 bridgehead atoms. The fraction of sp³-hybridized carbons (Fsp3) is 0.600. The van der Waals surface area contributed by atoms with Crippen LogP contribution in [-0.2, 0) is 4.74 Å². The van der Waals surface area contributed by atoms with Crippen LogP contribution in [0.5, 0.6) is 0 Å². The Morgan fingerprint density at radius 2 is 2.20 bits per heavy atom. The zero-order valence-corrected chi connectivity index (χ0v) is 12.3. The van der Waals surface area contributed by atoms with Gasteiger partial charge in [-0.05, 0) is 30.9 Å². The van der Waals surface area contributed by atoms with E-state index in [2.05, 4.69) is 17.2 Å². The fourth-order valence-electron chi connectivity index (χ4n) is 2.30. The normalized spacial score (nSPS) is 16.2. The standard InChI is InChI=1S/C15H23N3O2/c1-12-5-8-18(9-6-12)15(19)14-4-3-13(11-17-14)16-7-10-20-2/h3-4,11-12,16H,5-10H2,1-2H3. The van der Waals surface area contributed by atoms with Gasteiger partial charge in [0.15, 0.2) is 0 Å². The van der Waals surface area contributed by atoms with E-state index in [1.165, 1.54) is 0 Å². The summed E-state index contributed by atoms with van der Waals surface area (Å²) < 4.78 is 4.97. The van der Waals surface area contributed by atoms with Crippen LogP contribution in [0.1, 0.15) is 30.3 Å². The van der Waals surface area contributed by atoms with Gasteiger partial charge in [-0.25, -0.2) is 4.98 Å². The van der Waals surface area contributed by atoms with E-state index in [9.17, 15) is 4.79 Å². The Morgan fingerprint density at radius 3 is 2.80 bits per heavy atom. The van der Waals surface area contributed by atoms with Gasteiger partial charge < -0.3 is 15.0 Å². The predicted molar refractivity (Wildman–Crippen MR) is 78.9 cm³/mol. The van der Waals surface area contributed by atoms with Crippen molar-refractivity contribution in [3.63, 3.8) is 0 Å². The molecule has 0 atom stereocenters. The Morgan fingerprint density at radius 1 is 1.45 bits per heavy atom. The van der Waals surface area contributed by atoms with E-state index in [0.717, 1.165) is 44.1 Å². The minimum Gasteiger partial charge on any atom is -0.383 e. The maximum Gasteiger partial charge on any atom is 0.272 e. The van der Waals surface area contributed by atoms with Crippen LogP contribution < -0.4 is 5.32 Å². The summed E-state index contributed by atoms with van der Waals surface area (Å²) >= 11 is 0. The molecule has 2 rings (SSSR count). The molecule has 0 aliphatic carbocycles. The van der Waals surface area contributed by atoms with Crippen LogP contribution in [0, 0.1) is 5.92 Å². The van der Waals surface area contributed by atoms with E-state index in [1.54, 1.807) is 19.4 Å². The summed E-state index contributed by atoms with van der Waals surface area (Å²) in [7, 11) is 1.67. The number of hydrogen-bond acceptors (Lipinski definition) is 4. The van der Waals surface area contributed by atoms with Crippen molar-refractivity contribution in [2.45, 2.75) is 19.8 Å². The molecule has 0 radical (unpaired) electrons. The molecule has 2 heterocycles. The lowest BCUT2D eigenvalue weighted by Crippen LogP contribution is -2.38. The quantitative estimate of drug-likeness (QED) is 0.837. The van der Waals surface area contributed by atoms with Crippen LogP contribution in [0.15, 0.2) is 18.3 Å². The lowest BCUT2D eigenvalue weighted by Gasteiger charge is -2.30. The van der Waals surface area contributed by atoms with Crippen molar-refractivity contribution in [2.24, 2.45) is 5.92 Å². The van der Waals surface area contributed by atoms with Crippen LogP contribution in [0.3, 0.4) is 0 Å². The minimum atomic E-state index is 0.0420. The average molecular weight is 277 g/mol. The molecule has 1 aromatic heterocycles. The number of rotatable bonds is 5. The maximum absolute atomic E-state index is 12.3. The third-order valence-electron chi connectivity index (χ3n) is 3.69. The number of likely N-dealkylation sites (tertiary alicyclic amines) is 1. The van der Waals surface area contributed by atoms with Crippen LogP contribution in [0.2, 0.25) is 0 Å². The Bertz CT molecular complexity index is 425. The monoisotopic (exact) mass is 277 g/mol. The largest absolute Gasteiger partial charge is 0.383 e. The van der Waals surface area contributed by atoms with Crippen molar-refractivity contribution in [1.82, 2.24) is 9.88 Å². The predicted octanol–water partition coefficient (Wildman–Crippen LogP) is 2.01. The molecule has 1 fully saturated rings. The van der Waals surface area contributed by atoms with Gasteiger partial charge in [-0.2, -0.15) is 0 Å². The number of aromatic nitrogens is 1. The van der Waals surface area contributed by atoms with Gasteiger partial charge in [0.1, 0.15) is 5.69 Å². The third kappa shape index (κ3) is 3.93. The van der Waals surface area contributed by atoms with Gasteiger partial charge in [0.2, 0.25) is 0 Å². The molecule has 1 N–H and O–H groups in total. The fourth-order valence-corrected chi connectivity index (χ4v) is 2.30. The second-order valence-corrected chi connectivity index (χ2v) is 5.33. The topological polar surface area (TPSA) is 54.5 Å². The second-order valence-electron chi connectivity index (χ2n) is 5.33. The molecule has 5 nitrogen and oxygen atoms in total. The van der Waals surface area contributed by atoms with Crippen LogP contribution in [0.25, 0.3) is 0 Å². The summed E-state index contributed by atoms with van der Waals surface area (Å²) in [6.45, 7) is 5.30. The second kappa shape index (κ2) is 7.24. The van der Waals surface area contributed by atoms with E-state index < -0.39 is 0 Å². The van der Waals surface area contributed by atoms with Crippen molar-refractivity contribution in [3.8, 4) is 0 Å². The molecule has 0 unspecified atom stereocenters. The molecule has 0 spiro atoms. The number of nitrogens with one attached hydrogen (secondary N) is 1. The smallest absolute Gasteiger partial charge is 0.272 e. The SMILES string of the molecule is COCCNc1ccc(C(=O)N2CCC(C)CC2)nc1. The average Bonchev–Trinajstić information content (AvgIpc) is 2.48. The molecule has 1 amide bonds. The number of hydrogen-bond donors (Lipinski definition) is 1. The highest BCUT2D eigenvalue weighted by molar-refractivity contribution is 5.92. The van der Waals surface area contributed by atoms with Crippen molar-refractivity contribution >= 4 is 11.6 Å². The summed E-state index contributed by atoms with van der Waals surface area (Å²) in [5.41, 5.74) is 1.43. The van der Waals surface area contributed by atoms with E-state index in [1.807, 2.05) is 11.0 Å².